The van der Waals surface area contributed by atoms with Crippen LogP contribution in [0, 0.1) is 0 Å². The number of aromatic nitrogens is 4. The van der Waals surface area contributed by atoms with Crippen LogP contribution in [0.2, 0.25) is 0 Å². The Kier molecular flexibility index (Phi) is 7.10. The number of fused-ring (bicyclic) bond motifs is 1. The number of amides is 1. The van der Waals surface area contributed by atoms with Crippen molar-refractivity contribution >= 4 is 32.9 Å². The molecule has 14 heteroatoms. The van der Waals surface area contributed by atoms with Gasteiger partial charge in [-0.15, -0.1) is 0 Å². The Hall–Kier alpha value is -2.65. The van der Waals surface area contributed by atoms with Crippen LogP contribution < -0.4 is 15.4 Å². The maximum Gasteiger partial charge on any atom is 0.251 e. The minimum Gasteiger partial charge on any atom is -0.387 e. The average Bonchev–Trinajstić information content (AvgIpc) is 3.26. The summed E-state index contributed by atoms with van der Waals surface area (Å²) >= 11 is 0. The fourth-order valence-corrected chi connectivity index (χ4v) is 3.32. The van der Waals surface area contributed by atoms with E-state index in [1.165, 1.54) is 17.9 Å². The number of anilines is 1. The van der Waals surface area contributed by atoms with Gasteiger partial charge in [-0.2, -0.15) is 0 Å². The highest BCUT2D eigenvalue weighted by atomic mass is 32.2. The van der Waals surface area contributed by atoms with Crippen molar-refractivity contribution in [3.63, 3.8) is 0 Å². The molecule has 1 aliphatic rings. The molecule has 0 bridgehead atoms. The Bertz CT molecular complexity index is 1040. The molecule has 0 aliphatic carbocycles. The number of nitrogens with one attached hydrogen (secondary N) is 3. The molecule has 3 unspecified atom stereocenters. The molecule has 13 nitrogen and oxygen atoms in total. The SMILES string of the molecule is C.C=CS(=O)(=O)NCc1nc(NC)c2ncn(C3O[C@H](C(=O)NC)C(O)C3O)c2n1. The summed E-state index contributed by atoms with van der Waals surface area (Å²) in [6, 6.07) is 0. The largest absolute Gasteiger partial charge is 0.387 e. The van der Waals surface area contributed by atoms with E-state index in [0.717, 1.165) is 5.41 Å². The topological polar surface area (TPSA) is 181 Å². The molecule has 1 amide bonds. The van der Waals surface area contributed by atoms with Crippen LogP contribution in [0.15, 0.2) is 18.3 Å². The van der Waals surface area contributed by atoms with Crippen molar-refractivity contribution in [1.29, 1.82) is 0 Å². The number of ether oxygens (including phenoxy) is 1. The number of rotatable bonds is 7. The molecule has 1 aliphatic heterocycles. The van der Waals surface area contributed by atoms with E-state index in [9.17, 15) is 23.4 Å². The summed E-state index contributed by atoms with van der Waals surface area (Å²) in [4.78, 5) is 24.6. The van der Waals surface area contributed by atoms with Gasteiger partial charge in [0, 0.05) is 19.5 Å². The molecule has 1 fully saturated rings. The van der Waals surface area contributed by atoms with Gasteiger partial charge in [-0.1, -0.05) is 14.0 Å². The summed E-state index contributed by atoms with van der Waals surface area (Å²) in [5.41, 5.74) is 0.544. The highest BCUT2D eigenvalue weighted by molar-refractivity contribution is 7.92. The number of sulfonamides is 1. The zero-order valence-corrected chi connectivity index (χ0v) is 16.4. The van der Waals surface area contributed by atoms with Crippen molar-refractivity contribution in [1.82, 2.24) is 29.6 Å². The van der Waals surface area contributed by atoms with Crippen LogP contribution in [0.25, 0.3) is 11.2 Å². The first kappa shape index (κ1) is 23.6. The molecule has 5 N–H and O–H groups in total. The third-order valence-corrected chi connectivity index (χ3v) is 5.36. The highest BCUT2D eigenvalue weighted by Gasteiger charge is 2.47. The quantitative estimate of drug-likeness (QED) is 0.335. The van der Waals surface area contributed by atoms with Crippen molar-refractivity contribution in [3.8, 4) is 0 Å². The summed E-state index contributed by atoms with van der Waals surface area (Å²) < 4.78 is 32.3. The Morgan fingerprint density at radius 1 is 1.33 bits per heavy atom. The molecule has 2 aromatic heterocycles. The molecule has 2 aromatic rings. The molecular formula is C16H25N7O6S. The molecule has 30 heavy (non-hydrogen) atoms. The van der Waals surface area contributed by atoms with Crippen LogP contribution >= 0.6 is 0 Å². The molecule has 0 spiro atoms. The summed E-state index contributed by atoms with van der Waals surface area (Å²) in [5, 5.41) is 26.5. The summed E-state index contributed by atoms with van der Waals surface area (Å²) in [6.07, 6.45) is -3.98. The molecule has 4 atom stereocenters. The van der Waals surface area contributed by atoms with Gasteiger partial charge in [0.05, 0.1) is 12.9 Å². The van der Waals surface area contributed by atoms with E-state index in [0.29, 0.717) is 11.3 Å². The van der Waals surface area contributed by atoms with Crippen molar-refractivity contribution in [2.75, 3.05) is 19.4 Å². The lowest BCUT2D eigenvalue weighted by Crippen LogP contribution is -2.41. The normalized spacial score (nSPS) is 23.7. The highest BCUT2D eigenvalue weighted by Crippen LogP contribution is 2.32. The predicted octanol–water partition coefficient (Wildman–Crippen LogP) is -1.57. The minimum atomic E-state index is -3.69. The van der Waals surface area contributed by atoms with Gasteiger partial charge < -0.3 is 25.6 Å². The number of nitrogens with zero attached hydrogens (tertiary/aromatic N) is 4. The smallest absolute Gasteiger partial charge is 0.251 e. The van der Waals surface area contributed by atoms with E-state index in [4.69, 9.17) is 4.74 Å². The number of carbonyl (C=O) groups is 1. The van der Waals surface area contributed by atoms with Crippen LogP contribution in [0.5, 0.6) is 0 Å². The third-order valence-electron chi connectivity index (χ3n) is 4.37. The van der Waals surface area contributed by atoms with Gasteiger partial charge in [0.25, 0.3) is 5.91 Å². The van der Waals surface area contributed by atoms with E-state index in [1.54, 1.807) is 7.05 Å². The lowest BCUT2D eigenvalue weighted by molar-refractivity contribution is -0.137. The Morgan fingerprint density at radius 2 is 2.03 bits per heavy atom. The zero-order chi connectivity index (χ0) is 21.3. The summed E-state index contributed by atoms with van der Waals surface area (Å²) in [7, 11) is -0.705. The number of carbonyl (C=O) groups excluding carboxylic acids is 1. The first-order valence-corrected chi connectivity index (χ1v) is 10.0. The summed E-state index contributed by atoms with van der Waals surface area (Å²) in [5.74, 6) is -0.157. The fourth-order valence-electron chi connectivity index (χ4n) is 2.87. The van der Waals surface area contributed by atoms with Crippen molar-refractivity contribution < 1.29 is 28.2 Å². The maximum atomic E-state index is 11.9. The van der Waals surface area contributed by atoms with Gasteiger partial charge in [0.15, 0.2) is 29.3 Å². The van der Waals surface area contributed by atoms with Gasteiger partial charge >= 0.3 is 0 Å². The number of imidazole rings is 1. The van der Waals surface area contributed by atoms with E-state index in [1.807, 2.05) is 0 Å². The van der Waals surface area contributed by atoms with Crippen LogP contribution in [0.4, 0.5) is 5.82 Å². The van der Waals surface area contributed by atoms with Crippen LogP contribution in [0.1, 0.15) is 19.5 Å². The second kappa shape index (κ2) is 9.01. The van der Waals surface area contributed by atoms with Gasteiger partial charge in [0.1, 0.15) is 18.0 Å². The number of hydrogen-bond donors (Lipinski definition) is 5. The first-order valence-electron chi connectivity index (χ1n) is 8.49. The van der Waals surface area contributed by atoms with Gasteiger partial charge in [-0.05, 0) is 0 Å². The van der Waals surface area contributed by atoms with Crippen LogP contribution in [0.3, 0.4) is 0 Å². The fraction of sp³-hybridized carbons (Fsp3) is 0.500. The molecule has 3 rings (SSSR count). The molecule has 0 aromatic carbocycles. The molecule has 0 saturated carbocycles. The minimum absolute atomic E-state index is 0. The van der Waals surface area contributed by atoms with Gasteiger partial charge in [-0.25, -0.2) is 28.1 Å². The lowest BCUT2D eigenvalue weighted by Gasteiger charge is -2.17. The first-order chi connectivity index (χ1) is 13.7. The van der Waals surface area contributed by atoms with E-state index >= 15 is 0 Å². The molecule has 1 saturated heterocycles. The molecule has 0 radical (unpaired) electrons. The number of aliphatic hydroxyl groups is 2. The predicted molar refractivity (Wildman–Crippen MR) is 108 cm³/mol. The Morgan fingerprint density at radius 3 is 2.63 bits per heavy atom. The van der Waals surface area contributed by atoms with Gasteiger partial charge in [-0.3, -0.25) is 9.36 Å². The van der Waals surface area contributed by atoms with Crippen molar-refractivity contribution in [3.05, 3.63) is 24.1 Å². The van der Waals surface area contributed by atoms with Gasteiger partial charge in [0.2, 0.25) is 10.0 Å². The van der Waals surface area contributed by atoms with Crippen LogP contribution in [-0.4, -0.2) is 76.5 Å². The summed E-state index contributed by atoms with van der Waals surface area (Å²) in [6.45, 7) is 2.99. The number of aliphatic hydroxyl groups excluding tert-OH is 2. The van der Waals surface area contributed by atoms with Crippen LogP contribution in [-0.2, 0) is 26.1 Å². The van der Waals surface area contributed by atoms with Crippen molar-refractivity contribution in [2.45, 2.75) is 38.5 Å². The van der Waals surface area contributed by atoms with Crippen molar-refractivity contribution in [2.24, 2.45) is 0 Å². The average molecular weight is 443 g/mol. The van der Waals surface area contributed by atoms with E-state index in [-0.39, 0.29) is 25.4 Å². The monoisotopic (exact) mass is 443 g/mol. The molecular weight excluding hydrogens is 418 g/mol. The number of hydrogen-bond acceptors (Lipinski definition) is 10. The molecule has 3 heterocycles. The Balaban J connectivity index is 0.00000320. The lowest BCUT2D eigenvalue weighted by atomic mass is 10.1. The number of likely N-dealkylation sites (N-methyl/N-ethyl adjacent to an activating group) is 1. The Labute approximate surface area is 173 Å². The molecule has 166 valence electrons. The second-order valence-electron chi connectivity index (χ2n) is 6.14. The maximum absolute atomic E-state index is 11.9. The standard InChI is InChI=1S/C15H21N7O6S.CH4/c1-4-29(26,27)19-5-7-20-12(16-2)8-13(21-7)22(6-18-8)15-10(24)9(23)11(28-15)14(25)17-3;/h4,6,9-11,15,19,23-24H,1,5H2,2-3H3,(H,17,25)(H,16,20,21);1H4/t9?,10?,11-,15?;/m0./s1. The van der Waals surface area contributed by atoms with E-state index < -0.39 is 40.5 Å². The second-order valence-corrected chi connectivity index (χ2v) is 7.85. The third kappa shape index (κ3) is 4.27. The zero-order valence-electron chi connectivity index (χ0n) is 15.6. The van der Waals surface area contributed by atoms with E-state index in [2.05, 4.69) is 36.9 Å².